The Bertz CT molecular complexity index is 557. The molecule has 1 amide bonds. The quantitative estimate of drug-likeness (QED) is 0.860. The van der Waals surface area contributed by atoms with Crippen LogP contribution >= 0.6 is 11.3 Å². The molecule has 0 saturated heterocycles. The fourth-order valence-corrected chi connectivity index (χ4v) is 2.54. The molecule has 5 heteroatoms. The van der Waals surface area contributed by atoms with Crippen LogP contribution in [0.15, 0.2) is 41.8 Å². The summed E-state index contributed by atoms with van der Waals surface area (Å²) in [6.07, 6.45) is -0.126. The molecule has 1 aromatic heterocycles. The summed E-state index contributed by atoms with van der Waals surface area (Å²) in [6, 6.07) is 10.1. The number of carbonyl (C=O) groups is 1. The number of amides is 1. The number of thiophene rings is 1. The van der Waals surface area contributed by atoms with Gasteiger partial charge in [0.05, 0.1) is 0 Å². The van der Waals surface area contributed by atoms with Crippen molar-refractivity contribution < 1.29 is 14.3 Å². The minimum Gasteiger partial charge on any atom is -0.386 e. The molecule has 2 N–H and O–H groups in total. The van der Waals surface area contributed by atoms with Gasteiger partial charge in [-0.15, -0.1) is 11.3 Å². The van der Waals surface area contributed by atoms with E-state index in [1.165, 1.54) is 17.4 Å². The average molecular weight is 293 g/mol. The maximum atomic E-state index is 13.4. The number of benzene rings is 1. The normalized spacial score (nSPS) is 12.1. The van der Waals surface area contributed by atoms with Crippen LogP contribution in [0.2, 0.25) is 0 Å². The van der Waals surface area contributed by atoms with Crippen molar-refractivity contribution in [2.75, 3.05) is 6.54 Å². The van der Waals surface area contributed by atoms with E-state index in [1.807, 2.05) is 17.5 Å². The Kier molecular flexibility index (Phi) is 5.26. The molecule has 1 heterocycles. The Morgan fingerprint density at radius 3 is 2.80 bits per heavy atom. The van der Waals surface area contributed by atoms with E-state index in [-0.39, 0.29) is 24.7 Å². The zero-order valence-corrected chi connectivity index (χ0v) is 11.7. The van der Waals surface area contributed by atoms with Crippen molar-refractivity contribution in [3.63, 3.8) is 0 Å². The smallest absolute Gasteiger partial charge is 0.220 e. The third-order valence-electron chi connectivity index (χ3n) is 2.94. The van der Waals surface area contributed by atoms with E-state index in [9.17, 15) is 14.3 Å². The third-order valence-corrected chi connectivity index (χ3v) is 3.92. The number of rotatable bonds is 6. The summed E-state index contributed by atoms with van der Waals surface area (Å²) in [5.41, 5.74) is 0.529. The molecule has 20 heavy (non-hydrogen) atoms. The van der Waals surface area contributed by atoms with Crippen LogP contribution in [0.5, 0.6) is 0 Å². The van der Waals surface area contributed by atoms with Crippen LogP contribution in [0.3, 0.4) is 0 Å². The van der Waals surface area contributed by atoms with Gasteiger partial charge in [-0.1, -0.05) is 24.3 Å². The summed E-state index contributed by atoms with van der Waals surface area (Å²) in [4.78, 5) is 12.5. The van der Waals surface area contributed by atoms with Gasteiger partial charge in [-0.25, -0.2) is 4.39 Å². The van der Waals surface area contributed by atoms with Gasteiger partial charge in [-0.2, -0.15) is 0 Å². The second-order valence-corrected chi connectivity index (χ2v) is 5.41. The van der Waals surface area contributed by atoms with Crippen LogP contribution in [0.25, 0.3) is 0 Å². The number of aliphatic hydroxyl groups is 1. The lowest BCUT2D eigenvalue weighted by molar-refractivity contribution is -0.121. The molecule has 0 fully saturated rings. The Balaban J connectivity index is 1.75. The van der Waals surface area contributed by atoms with Gasteiger partial charge in [-0.3, -0.25) is 4.79 Å². The van der Waals surface area contributed by atoms with Crippen molar-refractivity contribution in [3.05, 3.63) is 58.0 Å². The lowest BCUT2D eigenvalue weighted by atomic mass is 10.1. The number of nitrogens with one attached hydrogen (secondary N) is 1. The molecule has 0 bridgehead atoms. The van der Waals surface area contributed by atoms with Crippen LogP contribution in [-0.4, -0.2) is 17.6 Å². The van der Waals surface area contributed by atoms with Crippen molar-refractivity contribution in [2.24, 2.45) is 0 Å². The van der Waals surface area contributed by atoms with Crippen LogP contribution in [0.1, 0.15) is 23.0 Å². The summed E-state index contributed by atoms with van der Waals surface area (Å²) in [5, 5.41) is 14.4. The Labute approximate surface area is 121 Å². The molecule has 1 atom stereocenters. The summed E-state index contributed by atoms with van der Waals surface area (Å²) < 4.78 is 13.4. The van der Waals surface area contributed by atoms with Gasteiger partial charge in [-0.05, 0) is 29.5 Å². The summed E-state index contributed by atoms with van der Waals surface area (Å²) in [7, 11) is 0. The summed E-state index contributed by atoms with van der Waals surface area (Å²) in [6.45, 7) is 0.177. The Morgan fingerprint density at radius 2 is 2.10 bits per heavy atom. The van der Waals surface area contributed by atoms with E-state index in [0.717, 1.165) is 4.88 Å². The zero-order valence-electron chi connectivity index (χ0n) is 10.9. The standard InChI is InChI=1S/C15H16FNO2S/c16-12-5-2-1-4-11(12)7-8-15(19)17-10-13(18)14-6-3-9-20-14/h1-6,9,13,18H,7-8,10H2,(H,17,19). The molecule has 1 unspecified atom stereocenters. The molecule has 2 rings (SSSR count). The minimum atomic E-state index is -0.688. The number of carbonyl (C=O) groups excluding carboxylic acids is 1. The van der Waals surface area contributed by atoms with E-state index in [0.29, 0.717) is 12.0 Å². The number of aliphatic hydroxyl groups excluding tert-OH is 1. The molecule has 0 radical (unpaired) electrons. The molecule has 0 aliphatic carbocycles. The maximum absolute atomic E-state index is 13.4. The number of hydrogen-bond donors (Lipinski definition) is 2. The number of hydrogen-bond acceptors (Lipinski definition) is 3. The highest BCUT2D eigenvalue weighted by atomic mass is 32.1. The van der Waals surface area contributed by atoms with Gasteiger partial charge in [0.2, 0.25) is 5.91 Å². The highest BCUT2D eigenvalue weighted by Gasteiger charge is 2.11. The van der Waals surface area contributed by atoms with Crippen LogP contribution in [-0.2, 0) is 11.2 Å². The number of halogens is 1. The molecule has 106 valence electrons. The second kappa shape index (κ2) is 7.17. The predicted molar refractivity (Wildman–Crippen MR) is 77.0 cm³/mol. The Hall–Kier alpha value is -1.72. The number of aryl methyl sites for hydroxylation is 1. The average Bonchev–Trinajstić information content (AvgIpc) is 2.98. The van der Waals surface area contributed by atoms with Crippen LogP contribution in [0, 0.1) is 5.82 Å². The lowest BCUT2D eigenvalue weighted by Gasteiger charge is -2.10. The first-order valence-corrected chi connectivity index (χ1v) is 7.26. The van der Waals surface area contributed by atoms with Gasteiger partial charge in [0.25, 0.3) is 0 Å². The molecule has 3 nitrogen and oxygen atoms in total. The van der Waals surface area contributed by atoms with Crippen molar-refractivity contribution in [1.29, 1.82) is 0 Å². The van der Waals surface area contributed by atoms with E-state index in [4.69, 9.17) is 0 Å². The maximum Gasteiger partial charge on any atom is 0.220 e. The molecule has 0 saturated carbocycles. The SMILES string of the molecule is O=C(CCc1ccccc1F)NCC(O)c1cccs1. The van der Waals surface area contributed by atoms with Crippen molar-refractivity contribution in [2.45, 2.75) is 18.9 Å². The fraction of sp³-hybridized carbons (Fsp3) is 0.267. The zero-order chi connectivity index (χ0) is 14.4. The largest absolute Gasteiger partial charge is 0.386 e. The molecule has 0 spiro atoms. The molecular weight excluding hydrogens is 277 g/mol. The second-order valence-electron chi connectivity index (χ2n) is 4.43. The summed E-state index contributed by atoms with van der Waals surface area (Å²) in [5.74, 6) is -0.484. The van der Waals surface area contributed by atoms with Crippen LogP contribution in [0.4, 0.5) is 4.39 Å². The van der Waals surface area contributed by atoms with Gasteiger partial charge in [0, 0.05) is 17.8 Å². The van der Waals surface area contributed by atoms with E-state index >= 15 is 0 Å². The van der Waals surface area contributed by atoms with Crippen molar-refractivity contribution in [3.8, 4) is 0 Å². The highest BCUT2D eigenvalue weighted by molar-refractivity contribution is 7.10. The van der Waals surface area contributed by atoms with E-state index in [1.54, 1.807) is 18.2 Å². The molecule has 0 aliphatic rings. The van der Waals surface area contributed by atoms with Crippen LogP contribution < -0.4 is 5.32 Å². The molecule has 1 aromatic carbocycles. The lowest BCUT2D eigenvalue weighted by Crippen LogP contribution is -2.28. The van der Waals surface area contributed by atoms with Gasteiger partial charge >= 0.3 is 0 Å². The molecule has 2 aromatic rings. The first-order chi connectivity index (χ1) is 9.66. The minimum absolute atomic E-state index is 0.177. The predicted octanol–water partition coefficient (Wildman–Crippen LogP) is 2.67. The van der Waals surface area contributed by atoms with Gasteiger partial charge in [0.15, 0.2) is 0 Å². The monoisotopic (exact) mass is 293 g/mol. The third kappa shape index (κ3) is 4.15. The topological polar surface area (TPSA) is 49.3 Å². The van der Waals surface area contributed by atoms with Gasteiger partial charge in [0.1, 0.15) is 11.9 Å². The first kappa shape index (κ1) is 14.7. The fourth-order valence-electron chi connectivity index (χ4n) is 1.83. The van der Waals surface area contributed by atoms with E-state index < -0.39 is 6.10 Å². The molecule has 0 aliphatic heterocycles. The van der Waals surface area contributed by atoms with Gasteiger partial charge < -0.3 is 10.4 Å². The summed E-state index contributed by atoms with van der Waals surface area (Å²) >= 11 is 1.44. The molecular formula is C15H16FNO2S. The van der Waals surface area contributed by atoms with Crippen molar-refractivity contribution >= 4 is 17.2 Å². The Morgan fingerprint density at radius 1 is 1.30 bits per heavy atom. The van der Waals surface area contributed by atoms with E-state index in [2.05, 4.69) is 5.32 Å². The highest BCUT2D eigenvalue weighted by Crippen LogP contribution is 2.17. The first-order valence-electron chi connectivity index (χ1n) is 6.38. The van der Waals surface area contributed by atoms with Crippen molar-refractivity contribution in [1.82, 2.24) is 5.32 Å².